The van der Waals surface area contributed by atoms with E-state index in [-0.39, 0.29) is 48.4 Å². The van der Waals surface area contributed by atoms with Gasteiger partial charge in [-0.2, -0.15) is 0 Å². The Labute approximate surface area is 131 Å². The molecule has 106 valence electrons. The molecule has 0 saturated heterocycles. The highest BCUT2D eigenvalue weighted by Gasteiger charge is 2.02. The van der Waals surface area contributed by atoms with Crippen molar-refractivity contribution in [3.05, 3.63) is 29.8 Å². The summed E-state index contributed by atoms with van der Waals surface area (Å²) in [7, 11) is 0. The van der Waals surface area contributed by atoms with E-state index in [1.165, 1.54) is 0 Å². The van der Waals surface area contributed by atoms with Gasteiger partial charge in [0.25, 0.3) is 0 Å². The molecule has 1 aromatic rings. The molecular weight excluding hydrogens is 355 g/mol. The lowest BCUT2D eigenvalue weighted by Crippen LogP contribution is -2.33. The van der Waals surface area contributed by atoms with Crippen molar-refractivity contribution in [1.29, 1.82) is 0 Å². The summed E-state index contributed by atoms with van der Waals surface area (Å²) in [4.78, 5) is 15.3. The number of benzene rings is 1. The van der Waals surface area contributed by atoms with Gasteiger partial charge in [0.1, 0.15) is 6.54 Å². The second-order valence-corrected chi connectivity index (χ2v) is 4.42. The topological polar surface area (TPSA) is 79.5 Å². The van der Waals surface area contributed by atoms with E-state index < -0.39 is 0 Å². The number of hydrogen-bond donors (Lipinski definition) is 3. The highest BCUT2D eigenvalue weighted by Crippen LogP contribution is 2.08. The predicted octanol–water partition coefficient (Wildman–Crippen LogP) is 1.86. The molecule has 0 radical (unpaired) electrons. The van der Waals surface area contributed by atoms with Gasteiger partial charge in [0.2, 0.25) is 5.91 Å². The highest BCUT2D eigenvalue weighted by molar-refractivity contribution is 14.0. The van der Waals surface area contributed by atoms with Gasteiger partial charge in [0, 0.05) is 11.7 Å². The Morgan fingerprint density at radius 2 is 2.11 bits per heavy atom. The molecule has 0 bridgehead atoms. The van der Waals surface area contributed by atoms with Gasteiger partial charge in [-0.05, 0) is 38.5 Å². The van der Waals surface area contributed by atoms with E-state index in [0.29, 0.717) is 0 Å². The highest BCUT2D eigenvalue weighted by atomic mass is 127. The fraction of sp³-hybridized carbons (Fsp3) is 0.385. The molecule has 1 amide bonds. The lowest BCUT2D eigenvalue weighted by Gasteiger charge is -2.08. The Kier molecular flexibility index (Phi) is 8.13. The number of hydrogen-bond acceptors (Lipinski definition) is 2. The van der Waals surface area contributed by atoms with Crippen LogP contribution in [0.5, 0.6) is 0 Å². The molecule has 0 fully saturated rings. The summed E-state index contributed by atoms with van der Waals surface area (Å²) < 4.78 is 0. The van der Waals surface area contributed by atoms with Crippen LogP contribution in [0.4, 0.5) is 5.69 Å². The van der Waals surface area contributed by atoms with Gasteiger partial charge in [0.05, 0.1) is 0 Å². The average Bonchev–Trinajstić information content (AvgIpc) is 2.25. The van der Waals surface area contributed by atoms with Crippen LogP contribution in [0.3, 0.4) is 0 Å². The summed E-state index contributed by atoms with van der Waals surface area (Å²) in [5, 5.41) is 5.68. The van der Waals surface area contributed by atoms with Gasteiger partial charge >= 0.3 is 0 Å². The Morgan fingerprint density at radius 1 is 1.42 bits per heavy atom. The number of carbonyl (C=O) groups excluding carboxylic acids is 1. The maximum atomic E-state index is 11.4. The smallest absolute Gasteiger partial charge is 0.242 e. The third-order valence-electron chi connectivity index (χ3n) is 2.13. The number of halogens is 1. The molecule has 0 aliphatic heterocycles. The monoisotopic (exact) mass is 376 g/mol. The zero-order valence-corrected chi connectivity index (χ0v) is 13.8. The number of aliphatic imine (C=N–C) groups is 1. The average molecular weight is 376 g/mol. The lowest BCUT2D eigenvalue weighted by atomic mass is 10.2. The van der Waals surface area contributed by atoms with Crippen molar-refractivity contribution < 1.29 is 4.79 Å². The van der Waals surface area contributed by atoms with E-state index in [4.69, 9.17) is 5.73 Å². The van der Waals surface area contributed by atoms with Crippen molar-refractivity contribution in [3.63, 3.8) is 0 Å². The van der Waals surface area contributed by atoms with E-state index in [1.807, 2.05) is 45.0 Å². The number of nitrogens with one attached hydrogen (secondary N) is 2. The van der Waals surface area contributed by atoms with E-state index in [1.54, 1.807) is 0 Å². The molecular formula is C13H21IN4O. The zero-order chi connectivity index (χ0) is 13.5. The molecule has 0 aromatic heterocycles. The van der Waals surface area contributed by atoms with Gasteiger partial charge < -0.3 is 16.4 Å². The minimum Gasteiger partial charge on any atom is -0.370 e. The number of rotatable bonds is 4. The van der Waals surface area contributed by atoms with Gasteiger partial charge in [0.15, 0.2) is 5.96 Å². The Hall–Kier alpha value is -1.31. The first kappa shape index (κ1) is 17.7. The quantitative estimate of drug-likeness (QED) is 0.427. The van der Waals surface area contributed by atoms with Crippen LogP contribution < -0.4 is 16.4 Å². The van der Waals surface area contributed by atoms with E-state index >= 15 is 0 Å². The second-order valence-electron chi connectivity index (χ2n) is 4.42. The number of anilines is 1. The lowest BCUT2D eigenvalue weighted by molar-refractivity contribution is -0.120. The Bertz CT molecular complexity index is 446. The van der Waals surface area contributed by atoms with E-state index in [9.17, 15) is 4.79 Å². The van der Waals surface area contributed by atoms with Crippen LogP contribution in [0, 0.1) is 6.92 Å². The maximum Gasteiger partial charge on any atom is 0.242 e. The van der Waals surface area contributed by atoms with Crippen LogP contribution in [-0.4, -0.2) is 24.5 Å². The fourth-order valence-corrected chi connectivity index (χ4v) is 1.43. The largest absolute Gasteiger partial charge is 0.370 e. The first-order chi connectivity index (χ1) is 8.47. The molecule has 0 saturated carbocycles. The number of nitrogens with two attached hydrogens (primary N) is 1. The van der Waals surface area contributed by atoms with Crippen molar-refractivity contribution in [2.75, 3.05) is 11.9 Å². The van der Waals surface area contributed by atoms with Gasteiger partial charge in [-0.1, -0.05) is 12.1 Å². The van der Waals surface area contributed by atoms with E-state index in [0.717, 1.165) is 11.3 Å². The molecule has 19 heavy (non-hydrogen) atoms. The molecule has 0 unspecified atom stereocenters. The van der Waals surface area contributed by atoms with Crippen LogP contribution in [0.25, 0.3) is 0 Å². The number of amides is 1. The molecule has 0 aliphatic rings. The van der Waals surface area contributed by atoms with Crippen LogP contribution in [0.2, 0.25) is 0 Å². The molecule has 0 atom stereocenters. The summed E-state index contributed by atoms with van der Waals surface area (Å²) >= 11 is 0. The van der Waals surface area contributed by atoms with E-state index in [2.05, 4.69) is 15.6 Å². The van der Waals surface area contributed by atoms with Gasteiger partial charge in [-0.15, -0.1) is 24.0 Å². The molecule has 0 spiro atoms. The minimum atomic E-state index is -0.140. The molecule has 4 N–H and O–H groups in total. The fourth-order valence-electron chi connectivity index (χ4n) is 1.43. The first-order valence-electron chi connectivity index (χ1n) is 5.90. The third kappa shape index (κ3) is 7.66. The molecule has 1 rings (SSSR count). The van der Waals surface area contributed by atoms with Crippen molar-refractivity contribution >= 4 is 41.5 Å². The Morgan fingerprint density at radius 3 is 2.68 bits per heavy atom. The molecule has 0 heterocycles. The summed E-state index contributed by atoms with van der Waals surface area (Å²) in [6.07, 6.45) is 0. The number of nitrogens with zero attached hydrogens (tertiary/aromatic N) is 1. The molecule has 0 aliphatic carbocycles. The Balaban J connectivity index is 0.00000324. The van der Waals surface area contributed by atoms with Crippen molar-refractivity contribution in [2.45, 2.75) is 26.8 Å². The molecule has 5 nitrogen and oxygen atoms in total. The molecule has 1 aromatic carbocycles. The SMILES string of the molecule is Cc1cccc(NC(N)=NCC(=O)NC(C)C)c1.I. The summed E-state index contributed by atoms with van der Waals surface area (Å²) in [6, 6.07) is 7.88. The summed E-state index contributed by atoms with van der Waals surface area (Å²) in [5.74, 6) is 0.0958. The van der Waals surface area contributed by atoms with Gasteiger partial charge in [-0.25, -0.2) is 4.99 Å². The van der Waals surface area contributed by atoms with Gasteiger partial charge in [-0.3, -0.25) is 4.79 Å². The standard InChI is InChI=1S/C13H20N4O.HI/c1-9(2)16-12(18)8-15-13(14)17-11-6-4-5-10(3)7-11;/h4-7,9H,8H2,1-3H3,(H,16,18)(H3,14,15,17);1H. The van der Waals surface area contributed by atoms with Crippen LogP contribution in [0.15, 0.2) is 29.3 Å². The predicted molar refractivity (Wildman–Crippen MR) is 90.0 cm³/mol. The molecule has 6 heteroatoms. The minimum absolute atomic E-state index is 0. The summed E-state index contributed by atoms with van der Waals surface area (Å²) in [5.41, 5.74) is 7.69. The van der Waals surface area contributed by atoms with Crippen LogP contribution in [0.1, 0.15) is 19.4 Å². The number of guanidine groups is 1. The zero-order valence-electron chi connectivity index (χ0n) is 11.4. The van der Waals surface area contributed by atoms with Crippen molar-refractivity contribution in [1.82, 2.24) is 5.32 Å². The number of aryl methyl sites for hydroxylation is 1. The maximum absolute atomic E-state index is 11.4. The third-order valence-corrected chi connectivity index (χ3v) is 2.13. The van der Waals surface area contributed by atoms with Crippen LogP contribution >= 0.6 is 24.0 Å². The van der Waals surface area contributed by atoms with Crippen molar-refractivity contribution in [2.24, 2.45) is 10.7 Å². The second kappa shape index (κ2) is 8.73. The number of carbonyl (C=O) groups is 1. The normalized spacial score (nSPS) is 10.8. The summed E-state index contributed by atoms with van der Waals surface area (Å²) in [6.45, 7) is 5.82. The van der Waals surface area contributed by atoms with Crippen molar-refractivity contribution in [3.8, 4) is 0 Å². The first-order valence-corrected chi connectivity index (χ1v) is 5.90. The van der Waals surface area contributed by atoms with Crippen LogP contribution in [-0.2, 0) is 4.79 Å².